The molecular formula is C19H16N4O. The van der Waals surface area contributed by atoms with Crippen LogP contribution in [0.5, 0.6) is 0 Å². The molecule has 3 heterocycles. The van der Waals surface area contributed by atoms with Crippen LogP contribution in [0, 0.1) is 0 Å². The molecule has 0 aliphatic carbocycles. The number of ether oxygens (including phenoxy) is 1. The summed E-state index contributed by atoms with van der Waals surface area (Å²) in [5.41, 5.74) is 1.71. The number of imidazole rings is 1. The number of benzene rings is 2. The third-order valence-corrected chi connectivity index (χ3v) is 4.76. The number of fused-ring (bicyclic) bond motifs is 1. The Bertz CT molecular complexity index is 821. The lowest BCUT2D eigenvalue weighted by molar-refractivity contribution is -0.200. The first kappa shape index (κ1) is 13.5. The van der Waals surface area contributed by atoms with Gasteiger partial charge in [0.15, 0.2) is 6.23 Å². The van der Waals surface area contributed by atoms with Gasteiger partial charge < -0.3 is 4.74 Å². The average Bonchev–Trinajstić information content (AvgIpc) is 3.26. The Labute approximate surface area is 139 Å². The Balaban J connectivity index is 1.59. The second-order valence-electron chi connectivity index (χ2n) is 6.01. The van der Waals surface area contributed by atoms with Crippen LogP contribution in [-0.4, -0.2) is 28.3 Å². The Kier molecular flexibility index (Phi) is 2.84. The molecule has 1 saturated heterocycles. The molecule has 0 spiro atoms. The van der Waals surface area contributed by atoms with E-state index in [0.29, 0.717) is 0 Å². The van der Waals surface area contributed by atoms with Crippen LogP contribution in [0.3, 0.4) is 0 Å². The monoisotopic (exact) mass is 316 g/mol. The molecule has 118 valence electrons. The highest BCUT2D eigenvalue weighted by atomic mass is 16.6. The minimum atomic E-state index is -0.543. The molecule has 1 fully saturated rings. The van der Waals surface area contributed by atoms with E-state index in [1.54, 1.807) is 12.5 Å². The Morgan fingerprint density at radius 3 is 2.17 bits per heavy atom. The normalized spacial score (nSPS) is 23.8. The number of rotatable bonds is 3. The molecule has 24 heavy (non-hydrogen) atoms. The van der Waals surface area contributed by atoms with Gasteiger partial charge in [-0.1, -0.05) is 60.7 Å². The van der Waals surface area contributed by atoms with Gasteiger partial charge in [0.25, 0.3) is 0 Å². The molecule has 5 rings (SSSR count). The lowest BCUT2D eigenvalue weighted by atomic mass is 9.75. The third-order valence-electron chi connectivity index (χ3n) is 4.76. The van der Waals surface area contributed by atoms with Crippen molar-refractivity contribution in [3.8, 4) is 0 Å². The van der Waals surface area contributed by atoms with Crippen LogP contribution in [0.2, 0.25) is 0 Å². The van der Waals surface area contributed by atoms with Gasteiger partial charge >= 0.3 is 0 Å². The van der Waals surface area contributed by atoms with Crippen molar-refractivity contribution in [1.29, 1.82) is 0 Å². The molecule has 0 amide bonds. The van der Waals surface area contributed by atoms with Crippen molar-refractivity contribution in [2.75, 3.05) is 5.01 Å². The number of aromatic nitrogens is 2. The van der Waals surface area contributed by atoms with Gasteiger partial charge in [-0.25, -0.2) is 14.7 Å². The predicted octanol–water partition coefficient (Wildman–Crippen LogP) is 2.53. The maximum atomic E-state index is 6.51. The maximum Gasteiger partial charge on any atom is 0.177 e. The first-order chi connectivity index (χ1) is 11.9. The lowest BCUT2D eigenvalue weighted by Gasteiger charge is -2.52. The van der Waals surface area contributed by atoms with E-state index in [-0.39, 0.29) is 12.3 Å². The zero-order valence-corrected chi connectivity index (χ0v) is 12.9. The van der Waals surface area contributed by atoms with Gasteiger partial charge in [-0.15, -0.1) is 0 Å². The summed E-state index contributed by atoms with van der Waals surface area (Å²) in [5.74, 6) is 0. The van der Waals surface area contributed by atoms with E-state index in [1.165, 1.54) is 0 Å². The van der Waals surface area contributed by atoms with Gasteiger partial charge in [0, 0.05) is 12.4 Å². The van der Waals surface area contributed by atoms with Crippen LogP contribution >= 0.6 is 0 Å². The van der Waals surface area contributed by atoms with Crippen molar-refractivity contribution >= 4 is 6.34 Å². The van der Waals surface area contributed by atoms with Gasteiger partial charge in [0.1, 0.15) is 24.3 Å². The van der Waals surface area contributed by atoms with E-state index in [0.717, 1.165) is 11.1 Å². The molecule has 2 atom stereocenters. The van der Waals surface area contributed by atoms with Crippen molar-refractivity contribution in [3.63, 3.8) is 0 Å². The summed E-state index contributed by atoms with van der Waals surface area (Å²) in [6, 6.07) is 20.7. The molecule has 1 aromatic heterocycles. The molecule has 2 aromatic carbocycles. The van der Waals surface area contributed by atoms with Crippen LogP contribution in [-0.2, 0) is 10.3 Å². The van der Waals surface area contributed by atoms with E-state index < -0.39 is 5.60 Å². The summed E-state index contributed by atoms with van der Waals surface area (Å²) in [6.07, 6.45) is 7.11. The van der Waals surface area contributed by atoms with Crippen LogP contribution in [0.1, 0.15) is 11.1 Å². The minimum Gasteiger partial charge on any atom is -0.336 e. The van der Waals surface area contributed by atoms with E-state index in [4.69, 9.17) is 9.73 Å². The van der Waals surface area contributed by atoms with Crippen LogP contribution in [0.4, 0.5) is 0 Å². The highest BCUT2D eigenvalue weighted by Gasteiger charge is 2.62. The van der Waals surface area contributed by atoms with Crippen LogP contribution in [0.25, 0.3) is 0 Å². The number of aliphatic imine (C=N–C) groups is 1. The second-order valence-corrected chi connectivity index (χ2v) is 6.01. The van der Waals surface area contributed by atoms with Gasteiger partial charge in [-0.2, -0.15) is 0 Å². The average molecular weight is 316 g/mol. The molecule has 0 unspecified atom stereocenters. The molecule has 5 nitrogen and oxygen atoms in total. The molecule has 0 bridgehead atoms. The first-order valence-corrected chi connectivity index (χ1v) is 7.98. The van der Waals surface area contributed by atoms with Crippen molar-refractivity contribution < 1.29 is 4.74 Å². The molecule has 0 saturated carbocycles. The molecule has 0 N–H and O–H groups in total. The van der Waals surface area contributed by atoms with Crippen molar-refractivity contribution in [3.05, 3.63) is 90.5 Å². The summed E-state index contributed by atoms with van der Waals surface area (Å²) in [7, 11) is 0. The third kappa shape index (κ3) is 1.73. The number of hydrogen-bond acceptors (Lipinski definition) is 4. The summed E-state index contributed by atoms with van der Waals surface area (Å²) < 4.78 is 8.41. The van der Waals surface area contributed by atoms with Crippen LogP contribution in [0.15, 0.2) is 84.4 Å². The summed E-state index contributed by atoms with van der Waals surface area (Å²) >= 11 is 0. The van der Waals surface area contributed by atoms with Crippen molar-refractivity contribution in [2.24, 2.45) is 4.99 Å². The minimum absolute atomic E-state index is 0.00435. The van der Waals surface area contributed by atoms with Crippen molar-refractivity contribution in [2.45, 2.75) is 17.9 Å². The van der Waals surface area contributed by atoms with Crippen molar-refractivity contribution in [1.82, 2.24) is 9.66 Å². The zero-order valence-electron chi connectivity index (χ0n) is 12.9. The van der Waals surface area contributed by atoms with E-state index >= 15 is 0 Å². The van der Waals surface area contributed by atoms with Gasteiger partial charge in [0.05, 0.1) is 0 Å². The van der Waals surface area contributed by atoms with Crippen LogP contribution < -0.4 is 5.01 Å². The van der Waals surface area contributed by atoms with E-state index in [9.17, 15) is 0 Å². The summed E-state index contributed by atoms with van der Waals surface area (Å²) in [5, 5.41) is 1.97. The molecule has 2 aliphatic heterocycles. The molecule has 3 aromatic rings. The summed E-state index contributed by atoms with van der Waals surface area (Å²) in [4.78, 5) is 8.88. The Morgan fingerprint density at radius 2 is 1.58 bits per heavy atom. The van der Waals surface area contributed by atoms with E-state index in [1.807, 2.05) is 58.6 Å². The fraction of sp³-hybridized carbons (Fsp3) is 0.158. The topological polar surface area (TPSA) is 42.6 Å². The molecular weight excluding hydrogens is 300 g/mol. The largest absolute Gasteiger partial charge is 0.336 e. The maximum absolute atomic E-state index is 6.51. The molecule has 0 radical (unpaired) electrons. The molecule has 5 heteroatoms. The quantitative estimate of drug-likeness (QED) is 0.746. The molecule has 2 aliphatic rings. The SMILES string of the molecule is C1=N[C@@H]2[C@@H](OC2(c2ccccc2)c2ccccc2)N1n1ccnc1. The van der Waals surface area contributed by atoms with Gasteiger partial charge in [-0.3, -0.25) is 4.99 Å². The van der Waals surface area contributed by atoms with Gasteiger partial charge in [-0.05, 0) is 11.1 Å². The van der Waals surface area contributed by atoms with Gasteiger partial charge in [0.2, 0.25) is 0 Å². The first-order valence-electron chi connectivity index (χ1n) is 7.98. The van der Waals surface area contributed by atoms with E-state index in [2.05, 4.69) is 29.2 Å². The number of nitrogens with zero attached hydrogens (tertiary/aromatic N) is 4. The highest BCUT2D eigenvalue weighted by Crippen LogP contribution is 2.51. The Hall–Kier alpha value is -2.92. The summed E-state index contributed by atoms with van der Waals surface area (Å²) in [6.45, 7) is 0. The lowest BCUT2D eigenvalue weighted by Crippen LogP contribution is -2.66. The standard InChI is InChI=1S/C19H16N4O/c1-3-7-15(8-4-1)19(16-9-5-2-6-10-16)17-18(24-19)23(14-21-17)22-12-11-20-13-22/h1-14,17-18H/t17-,18-/m1/s1. The smallest absolute Gasteiger partial charge is 0.177 e. The fourth-order valence-electron chi connectivity index (χ4n) is 3.63. The number of hydrogen-bond donors (Lipinski definition) is 0. The Morgan fingerprint density at radius 1 is 0.917 bits per heavy atom. The fourth-order valence-corrected chi connectivity index (χ4v) is 3.63. The second kappa shape index (κ2) is 5.04. The predicted molar refractivity (Wildman–Crippen MR) is 91.3 cm³/mol. The highest BCUT2D eigenvalue weighted by molar-refractivity contribution is 5.73. The zero-order chi connectivity index (χ0) is 16.0.